The first-order valence-corrected chi connectivity index (χ1v) is 6.60. The number of carbonyl (C=O) groups excluding carboxylic acids is 1. The van der Waals surface area contributed by atoms with Crippen molar-refractivity contribution in [3.05, 3.63) is 88.2 Å². The third-order valence-electron chi connectivity index (χ3n) is 3.23. The van der Waals surface area contributed by atoms with Crippen LogP contribution in [0.4, 0.5) is 5.69 Å². The van der Waals surface area contributed by atoms with E-state index in [1.165, 1.54) is 12.1 Å². The molecule has 0 radical (unpaired) electrons. The Hall–Kier alpha value is -3.21. The van der Waals surface area contributed by atoms with Crippen molar-refractivity contribution in [3.63, 3.8) is 0 Å². The Kier molecular flexibility index (Phi) is 3.53. The molecule has 5 nitrogen and oxygen atoms in total. The van der Waals surface area contributed by atoms with Crippen molar-refractivity contribution >= 4 is 11.5 Å². The first-order chi connectivity index (χ1) is 10.7. The number of benzene rings is 2. The van der Waals surface area contributed by atoms with Gasteiger partial charge in [-0.1, -0.05) is 42.5 Å². The quantitative estimate of drug-likeness (QED) is 0.412. The molecule has 0 aliphatic carbocycles. The highest BCUT2D eigenvalue weighted by Gasteiger charge is 2.19. The molecule has 0 spiro atoms. The summed E-state index contributed by atoms with van der Waals surface area (Å²) in [6.07, 6.45) is 0. The van der Waals surface area contributed by atoms with Crippen LogP contribution in [-0.4, -0.2) is 10.7 Å². The zero-order chi connectivity index (χ0) is 15.5. The van der Waals surface area contributed by atoms with Gasteiger partial charge in [-0.05, 0) is 18.2 Å². The van der Waals surface area contributed by atoms with Crippen LogP contribution in [0.3, 0.4) is 0 Å². The van der Waals surface area contributed by atoms with Gasteiger partial charge in [0.1, 0.15) is 5.76 Å². The lowest BCUT2D eigenvalue weighted by Crippen LogP contribution is -1.98. The van der Waals surface area contributed by atoms with E-state index in [0.717, 1.165) is 0 Å². The highest BCUT2D eigenvalue weighted by atomic mass is 16.6. The van der Waals surface area contributed by atoms with Crippen LogP contribution in [0.1, 0.15) is 16.1 Å². The number of furan rings is 1. The molecular formula is C17H11NO4. The number of carbonyl (C=O) groups is 1. The molecule has 2 aromatic carbocycles. The fourth-order valence-corrected chi connectivity index (χ4v) is 2.18. The summed E-state index contributed by atoms with van der Waals surface area (Å²) in [6, 6.07) is 18.1. The monoisotopic (exact) mass is 293 g/mol. The number of ketones is 1. The van der Waals surface area contributed by atoms with Crippen LogP contribution in [0, 0.1) is 10.1 Å². The van der Waals surface area contributed by atoms with Crippen LogP contribution in [0.5, 0.6) is 0 Å². The highest BCUT2D eigenvalue weighted by Crippen LogP contribution is 2.31. The predicted molar refractivity (Wildman–Crippen MR) is 80.7 cm³/mol. The normalized spacial score (nSPS) is 10.4. The maximum absolute atomic E-state index is 12.3. The Morgan fingerprint density at radius 2 is 1.59 bits per heavy atom. The number of nitro groups is 1. The molecule has 5 heteroatoms. The lowest BCUT2D eigenvalue weighted by molar-refractivity contribution is -0.384. The third-order valence-corrected chi connectivity index (χ3v) is 3.23. The van der Waals surface area contributed by atoms with E-state index in [1.807, 2.05) is 6.07 Å². The second kappa shape index (κ2) is 5.65. The molecule has 0 bridgehead atoms. The van der Waals surface area contributed by atoms with Gasteiger partial charge >= 0.3 is 0 Å². The van der Waals surface area contributed by atoms with Crippen molar-refractivity contribution in [2.45, 2.75) is 0 Å². The number of hydrogen-bond acceptors (Lipinski definition) is 4. The number of hydrogen-bond donors (Lipinski definition) is 0. The largest absolute Gasteiger partial charge is 0.452 e. The van der Waals surface area contributed by atoms with E-state index in [2.05, 4.69) is 0 Å². The summed E-state index contributed by atoms with van der Waals surface area (Å²) in [5.41, 5.74) is 0.793. The fourth-order valence-electron chi connectivity index (χ4n) is 2.18. The van der Waals surface area contributed by atoms with Crippen LogP contribution < -0.4 is 0 Å². The SMILES string of the molecule is O=C(c1ccccc1)c1ccc(-c2ccccc2[N+](=O)[O-])o1. The number of nitrogens with zero attached hydrogens (tertiary/aromatic N) is 1. The summed E-state index contributed by atoms with van der Waals surface area (Å²) < 4.78 is 5.52. The van der Waals surface area contributed by atoms with E-state index in [9.17, 15) is 14.9 Å². The summed E-state index contributed by atoms with van der Waals surface area (Å²) >= 11 is 0. The molecular weight excluding hydrogens is 282 g/mol. The molecule has 3 rings (SSSR count). The van der Waals surface area contributed by atoms with Gasteiger partial charge in [-0.25, -0.2) is 0 Å². The van der Waals surface area contributed by atoms with Crippen molar-refractivity contribution in [2.75, 3.05) is 0 Å². The molecule has 0 N–H and O–H groups in total. The van der Waals surface area contributed by atoms with Crippen LogP contribution in [0.25, 0.3) is 11.3 Å². The van der Waals surface area contributed by atoms with E-state index in [4.69, 9.17) is 4.42 Å². The van der Waals surface area contributed by atoms with Gasteiger partial charge in [0.25, 0.3) is 5.69 Å². The van der Waals surface area contributed by atoms with Gasteiger partial charge in [-0.15, -0.1) is 0 Å². The van der Waals surface area contributed by atoms with Crippen LogP contribution in [0.15, 0.2) is 71.1 Å². The minimum Gasteiger partial charge on any atom is -0.452 e. The minimum absolute atomic E-state index is 0.0597. The van der Waals surface area contributed by atoms with Gasteiger partial charge in [-0.2, -0.15) is 0 Å². The smallest absolute Gasteiger partial charge is 0.280 e. The van der Waals surface area contributed by atoms with Crippen molar-refractivity contribution in [1.82, 2.24) is 0 Å². The zero-order valence-electron chi connectivity index (χ0n) is 11.4. The van der Waals surface area contributed by atoms with E-state index >= 15 is 0 Å². The Morgan fingerprint density at radius 1 is 0.909 bits per heavy atom. The minimum atomic E-state index is -0.476. The molecule has 0 unspecified atom stereocenters. The second-order valence-corrected chi connectivity index (χ2v) is 4.63. The Labute approximate surface area is 126 Å². The lowest BCUT2D eigenvalue weighted by atomic mass is 10.1. The Morgan fingerprint density at radius 3 is 2.32 bits per heavy atom. The highest BCUT2D eigenvalue weighted by molar-refractivity contribution is 6.07. The van der Waals surface area contributed by atoms with Crippen LogP contribution in [0.2, 0.25) is 0 Å². The topological polar surface area (TPSA) is 73.3 Å². The van der Waals surface area contributed by atoms with Gasteiger partial charge in [0, 0.05) is 11.6 Å². The first-order valence-electron chi connectivity index (χ1n) is 6.60. The summed E-state index contributed by atoms with van der Waals surface area (Å²) in [5.74, 6) is 0.191. The molecule has 0 aliphatic heterocycles. The zero-order valence-corrected chi connectivity index (χ0v) is 11.4. The average Bonchev–Trinajstić information content (AvgIpc) is 3.04. The molecule has 0 atom stereocenters. The molecule has 0 saturated carbocycles. The molecule has 22 heavy (non-hydrogen) atoms. The summed E-state index contributed by atoms with van der Waals surface area (Å²) in [6.45, 7) is 0. The fraction of sp³-hybridized carbons (Fsp3) is 0. The van der Waals surface area contributed by atoms with Gasteiger partial charge in [-0.3, -0.25) is 14.9 Å². The first kappa shape index (κ1) is 13.8. The summed E-state index contributed by atoms with van der Waals surface area (Å²) in [5, 5.41) is 11.1. The van der Waals surface area contributed by atoms with Gasteiger partial charge in [0.05, 0.1) is 10.5 Å². The summed E-state index contributed by atoms with van der Waals surface area (Å²) in [4.78, 5) is 22.9. The molecule has 0 amide bonds. The maximum Gasteiger partial charge on any atom is 0.280 e. The van der Waals surface area contributed by atoms with E-state index < -0.39 is 4.92 Å². The van der Waals surface area contributed by atoms with Gasteiger partial charge < -0.3 is 4.42 Å². The second-order valence-electron chi connectivity index (χ2n) is 4.63. The average molecular weight is 293 g/mol. The van der Waals surface area contributed by atoms with E-state index in [-0.39, 0.29) is 17.2 Å². The van der Waals surface area contributed by atoms with Crippen molar-refractivity contribution in [1.29, 1.82) is 0 Å². The third kappa shape index (κ3) is 2.52. The Bertz CT molecular complexity index is 837. The van der Waals surface area contributed by atoms with Crippen molar-refractivity contribution in [3.8, 4) is 11.3 Å². The van der Waals surface area contributed by atoms with Crippen molar-refractivity contribution < 1.29 is 14.1 Å². The Balaban J connectivity index is 1.99. The molecule has 1 heterocycles. The molecule has 0 saturated heterocycles. The van der Waals surface area contributed by atoms with Gasteiger partial charge in [0.15, 0.2) is 5.76 Å². The maximum atomic E-state index is 12.3. The van der Waals surface area contributed by atoms with Crippen molar-refractivity contribution in [2.24, 2.45) is 0 Å². The molecule has 3 aromatic rings. The number of nitro benzene ring substituents is 1. The molecule has 0 fully saturated rings. The standard InChI is InChI=1S/C17H11NO4/c19-17(12-6-2-1-3-7-12)16-11-10-15(22-16)13-8-4-5-9-14(13)18(20)21/h1-11H. The van der Waals surface area contributed by atoms with E-state index in [1.54, 1.807) is 48.5 Å². The van der Waals surface area contributed by atoms with Crippen LogP contribution in [-0.2, 0) is 0 Å². The molecule has 108 valence electrons. The van der Waals surface area contributed by atoms with Gasteiger partial charge in [0.2, 0.25) is 5.78 Å². The summed E-state index contributed by atoms with van der Waals surface area (Å²) in [7, 11) is 0. The molecule has 0 aliphatic rings. The molecule has 1 aromatic heterocycles. The van der Waals surface area contributed by atoms with E-state index in [0.29, 0.717) is 16.9 Å². The predicted octanol–water partition coefficient (Wildman–Crippen LogP) is 4.09. The lowest BCUT2D eigenvalue weighted by Gasteiger charge is -2.00. The number of rotatable bonds is 4. The number of para-hydroxylation sites is 1. The van der Waals surface area contributed by atoms with Crippen LogP contribution >= 0.6 is 0 Å².